The smallest absolute Gasteiger partial charge is 0.0271 e. The standard InChI is InChI=1S/C5H10NO/c7-6-4-2-1-3-5-6/h1-5H2. The molecule has 2 nitrogen and oxygen atoms in total. The third kappa shape index (κ3) is 1.45. The maximum atomic E-state index is 10.4. The quantitative estimate of drug-likeness (QED) is 0.442. The highest BCUT2D eigenvalue weighted by molar-refractivity contribution is 4.54. The maximum absolute atomic E-state index is 10.4. The van der Waals surface area contributed by atoms with E-state index in [9.17, 15) is 5.21 Å². The fourth-order valence-electron chi connectivity index (χ4n) is 0.865. The molecule has 0 atom stereocenters. The zero-order chi connectivity index (χ0) is 5.11. The Morgan fingerprint density at radius 1 is 1.00 bits per heavy atom. The molecule has 1 heterocycles. The highest BCUT2D eigenvalue weighted by atomic mass is 16.5. The van der Waals surface area contributed by atoms with Gasteiger partial charge in [-0.05, 0) is 12.8 Å². The van der Waals surface area contributed by atoms with Crippen LogP contribution in [0.1, 0.15) is 19.3 Å². The van der Waals surface area contributed by atoms with Crippen LogP contribution in [0.25, 0.3) is 0 Å². The summed E-state index contributed by atoms with van der Waals surface area (Å²) >= 11 is 0. The molecule has 1 fully saturated rings. The predicted molar refractivity (Wildman–Crippen MR) is 26.1 cm³/mol. The SMILES string of the molecule is [O]N1CCCCC1. The lowest BCUT2D eigenvalue weighted by molar-refractivity contribution is -0.166. The molecular weight excluding hydrogens is 90.1 g/mol. The van der Waals surface area contributed by atoms with Gasteiger partial charge in [-0.2, -0.15) is 5.06 Å². The first-order valence-electron chi connectivity index (χ1n) is 2.82. The summed E-state index contributed by atoms with van der Waals surface area (Å²) < 4.78 is 0. The zero-order valence-electron chi connectivity index (χ0n) is 4.39. The summed E-state index contributed by atoms with van der Waals surface area (Å²) in [5, 5.41) is 11.5. The van der Waals surface area contributed by atoms with E-state index in [4.69, 9.17) is 0 Å². The van der Waals surface area contributed by atoms with Crippen molar-refractivity contribution in [2.75, 3.05) is 13.1 Å². The van der Waals surface area contributed by atoms with Gasteiger partial charge in [0, 0.05) is 13.1 Å². The summed E-state index contributed by atoms with van der Waals surface area (Å²) in [5.41, 5.74) is 0. The topological polar surface area (TPSA) is 23.1 Å². The molecule has 0 aliphatic carbocycles. The minimum absolute atomic E-state index is 0.764. The third-order valence-electron chi connectivity index (χ3n) is 1.32. The van der Waals surface area contributed by atoms with Crippen molar-refractivity contribution in [1.29, 1.82) is 0 Å². The van der Waals surface area contributed by atoms with Gasteiger partial charge in [-0.15, -0.1) is 5.21 Å². The Kier molecular flexibility index (Phi) is 1.65. The molecule has 7 heavy (non-hydrogen) atoms. The first kappa shape index (κ1) is 5.06. The van der Waals surface area contributed by atoms with Crippen LogP contribution in [0.5, 0.6) is 0 Å². The Hall–Kier alpha value is -0.0800. The number of piperidine rings is 1. The molecule has 1 aliphatic heterocycles. The van der Waals surface area contributed by atoms with Crippen molar-refractivity contribution in [3.05, 3.63) is 0 Å². The fraction of sp³-hybridized carbons (Fsp3) is 1.00. The summed E-state index contributed by atoms with van der Waals surface area (Å²) in [5.74, 6) is 0. The van der Waals surface area contributed by atoms with Crippen LogP contribution in [0.4, 0.5) is 0 Å². The monoisotopic (exact) mass is 100 g/mol. The second-order valence-corrected chi connectivity index (χ2v) is 1.99. The highest BCUT2D eigenvalue weighted by Gasteiger charge is 2.06. The number of hydrogen-bond acceptors (Lipinski definition) is 1. The van der Waals surface area contributed by atoms with Crippen molar-refractivity contribution in [3.8, 4) is 0 Å². The van der Waals surface area contributed by atoms with E-state index in [1.807, 2.05) is 0 Å². The van der Waals surface area contributed by atoms with Crippen molar-refractivity contribution in [1.82, 2.24) is 5.06 Å². The second-order valence-electron chi connectivity index (χ2n) is 1.99. The zero-order valence-corrected chi connectivity index (χ0v) is 4.39. The van der Waals surface area contributed by atoms with Crippen LogP contribution in [0.2, 0.25) is 0 Å². The summed E-state index contributed by atoms with van der Waals surface area (Å²) in [4.78, 5) is 0. The van der Waals surface area contributed by atoms with Crippen molar-refractivity contribution < 1.29 is 5.21 Å². The first-order valence-corrected chi connectivity index (χ1v) is 2.82. The Morgan fingerprint density at radius 2 is 1.57 bits per heavy atom. The van der Waals surface area contributed by atoms with Gasteiger partial charge in [-0.3, -0.25) is 0 Å². The molecule has 0 unspecified atom stereocenters. The summed E-state index contributed by atoms with van der Waals surface area (Å²) in [6.07, 6.45) is 3.45. The van der Waals surface area contributed by atoms with Gasteiger partial charge in [0.2, 0.25) is 0 Å². The first-order chi connectivity index (χ1) is 3.39. The van der Waals surface area contributed by atoms with Gasteiger partial charge in [0.1, 0.15) is 0 Å². The Bertz CT molecular complexity index is 50.0. The van der Waals surface area contributed by atoms with Gasteiger partial charge in [0.15, 0.2) is 0 Å². The van der Waals surface area contributed by atoms with E-state index < -0.39 is 0 Å². The second kappa shape index (κ2) is 2.28. The van der Waals surface area contributed by atoms with E-state index in [-0.39, 0.29) is 0 Å². The molecule has 0 amide bonds. The van der Waals surface area contributed by atoms with Crippen molar-refractivity contribution >= 4 is 0 Å². The highest BCUT2D eigenvalue weighted by Crippen LogP contribution is 2.04. The van der Waals surface area contributed by atoms with E-state index in [2.05, 4.69) is 0 Å². The lowest BCUT2D eigenvalue weighted by atomic mass is 10.2. The number of nitrogens with zero attached hydrogens (tertiary/aromatic N) is 1. The Morgan fingerprint density at radius 3 is 1.86 bits per heavy atom. The summed E-state index contributed by atoms with van der Waals surface area (Å²) in [6, 6.07) is 0. The molecule has 0 bridgehead atoms. The van der Waals surface area contributed by atoms with Crippen LogP contribution >= 0.6 is 0 Å². The lowest BCUT2D eigenvalue weighted by Gasteiger charge is -2.15. The molecule has 1 rings (SSSR count). The average Bonchev–Trinajstić information content (AvgIpc) is 1.69. The Labute approximate surface area is 43.7 Å². The summed E-state index contributed by atoms with van der Waals surface area (Å²) in [7, 11) is 0. The van der Waals surface area contributed by atoms with Crippen LogP contribution in [0.3, 0.4) is 0 Å². The molecule has 1 aliphatic rings. The van der Waals surface area contributed by atoms with Gasteiger partial charge >= 0.3 is 0 Å². The van der Waals surface area contributed by atoms with E-state index in [1.54, 1.807) is 0 Å². The number of rotatable bonds is 0. The van der Waals surface area contributed by atoms with Gasteiger partial charge in [-0.1, -0.05) is 6.42 Å². The van der Waals surface area contributed by atoms with E-state index in [0.717, 1.165) is 31.0 Å². The molecule has 41 valence electrons. The molecule has 0 aromatic rings. The number of hydroxylamine groups is 2. The van der Waals surface area contributed by atoms with Crippen LogP contribution < -0.4 is 0 Å². The molecular formula is C5H10NO. The van der Waals surface area contributed by atoms with E-state index >= 15 is 0 Å². The van der Waals surface area contributed by atoms with Gasteiger partial charge < -0.3 is 0 Å². The van der Waals surface area contributed by atoms with Gasteiger partial charge in [-0.25, -0.2) is 0 Å². The van der Waals surface area contributed by atoms with Gasteiger partial charge in [0.05, 0.1) is 0 Å². The molecule has 0 aromatic carbocycles. The van der Waals surface area contributed by atoms with Crippen LogP contribution in [0.15, 0.2) is 0 Å². The lowest BCUT2D eigenvalue weighted by Crippen LogP contribution is -2.24. The minimum Gasteiger partial charge on any atom is -0.155 e. The predicted octanol–water partition coefficient (Wildman–Crippen LogP) is 0.818. The van der Waals surface area contributed by atoms with Crippen LogP contribution in [-0.4, -0.2) is 18.2 Å². The average molecular weight is 100 g/mol. The molecule has 0 saturated carbocycles. The minimum atomic E-state index is 0.764. The van der Waals surface area contributed by atoms with Gasteiger partial charge in [0.25, 0.3) is 0 Å². The molecule has 0 spiro atoms. The normalized spacial score (nSPS) is 25.3. The van der Waals surface area contributed by atoms with Crippen LogP contribution in [0, 0.1) is 0 Å². The van der Waals surface area contributed by atoms with E-state index in [1.165, 1.54) is 6.42 Å². The Balaban J connectivity index is 2.12. The largest absolute Gasteiger partial charge is 0.155 e. The molecule has 0 N–H and O–H groups in total. The molecule has 2 heteroatoms. The molecule has 1 saturated heterocycles. The maximum Gasteiger partial charge on any atom is 0.0271 e. The van der Waals surface area contributed by atoms with Crippen molar-refractivity contribution in [2.24, 2.45) is 0 Å². The number of hydrogen-bond donors (Lipinski definition) is 0. The van der Waals surface area contributed by atoms with E-state index in [0.29, 0.717) is 0 Å². The molecule has 0 aromatic heterocycles. The van der Waals surface area contributed by atoms with Crippen molar-refractivity contribution in [2.45, 2.75) is 19.3 Å². The van der Waals surface area contributed by atoms with Crippen molar-refractivity contribution in [3.63, 3.8) is 0 Å². The summed E-state index contributed by atoms with van der Waals surface area (Å²) in [6.45, 7) is 1.53. The van der Waals surface area contributed by atoms with Crippen LogP contribution in [-0.2, 0) is 5.21 Å². The fourth-order valence-corrected chi connectivity index (χ4v) is 0.865. The third-order valence-corrected chi connectivity index (χ3v) is 1.32. The molecule has 1 radical (unpaired) electrons.